The van der Waals surface area contributed by atoms with Crippen molar-refractivity contribution in [3.05, 3.63) is 32.6 Å². The van der Waals surface area contributed by atoms with E-state index in [0.717, 1.165) is 27.2 Å². The van der Waals surface area contributed by atoms with Crippen LogP contribution in [0.15, 0.2) is 6.07 Å². The van der Waals surface area contributed by atoms with E-state index in [2.05, 4.69) is 5.10 Å². The summed E-state index contributed by atoms with van der Waals surface area (Å²) >= 11 is 2.22. The van der Waals surface area contributed by atoms with E-state index in [0.29, 0.717) is 4.88 Å². The zero-order valence-electron chi connectivity index (χ0n) is 14.9. The molecule has 0 saturated carbocycles. The zero-order valence-corrected chi connectivity index (χ0v) is 16.5. The minimum Gasteiger partial charge on any atom is -0.462 e. The SMILES string of the molecule is CCOC(=O)c1sc(N)c(C#N)c1COC(=O)c1cc2c(C)nn(C)c2s1. The van der Waals surface area contributed by atoms with Gasteiger partial charge in [0.1, 0.15) is 32.3 Å². The van der Waals surface area contributed by atoms with E-state index in [9.17, 15) is 14.9 Å². The Morgan fingerprint density at radius 2 is 2.07 bits per heavy atom. The third kappa shape index (κ3) is 3.39. The van der Waals surface area contributed by atoms with Crippen LogP contribution in [0, 0.1) is 18.3 Å². The number of fused-ring (bicyclic) bond motifs is 1. The predicted octanol–water partition coefficient (Wildman–Crippen LogP) is 2.99. The lowest BCUT2D eigenvalue weighted by molar-refractivity contribution is 0.0457. The third-order valence-corrected chi connectivity index (χ3v) is 6.08. The number of hydrogen-bond donors (Lipinski definition) is 1. The molecule has 0 aliphatic heterocycles. The van der Waals surface area contributed by atoms with Crippen molar-refractivity contribution in [3.63, 3.8) is 0 Å². The fourth-order valence-electron chi connectivity index (χ4n) is 2.62. The van der Waals surface area contributed by atoms with Gasteiger partial charge in [-0.1, -0.05) is 0 Å². The number of carbonyl (C=O) groups excluding carboxylic acids is 2. The van der Waals surface area contributed by atoms with Gasteiger partial charge in [-0.05, 0) is 19.9 Å². The molecule has 0 aliphatic rings. The first-order chi connectivity index (χ1) is 12.9. The molecule has 8 nitrogen and oxygen atoms in total. The van der Waals surface area contributed by atoms with E-state index >= 15 is 0 Å². The lowest BCUT2D eigenvalue weighted by atomic mass is 10.1. The van der Waals surface area contributed by atoms with Crippen LogP contribution in [0.1, 0.15) is 43.1 Å². The second-order valence-corrected chi connectivity index (χ2v) is 7.68. The number of thiophene rings is 2. The summed E-state index contributed by atoms with van der Waals surface area (Å²) in [5, 5.41) is 14.7. The number of rotatable bonds is 5. The molecule has 3 aromatic rings. The Labute approximate surface area is 162 Å². The van der Waals surface area contributed by atoms with Crippen LogP contribution < -0.4 is 5.73 Å². The molecule has 0 aliphatic carbocycles. The van der Waals surface area contributed by atoms with Crippen LogP contribution in [0.5, 0.6) is 0 Å². The Balaban J connectivity index is 1.85. The quantitative estimate of drug-likeness (QED) is 0.649. The second-order valence-electron chi connectivity index (χ2n) is 5.60. The largest absolute Gasteiger partial charge is 0.462 e. The van der Waals surface area contributed by atoms with Gasteiger partial charge in [-0.25, -0.2) is 9.59 Å². The average molecular weight is 404 g/mol. The van der Waals surface area contributed by atoms with Crippen molar-refractivity contribution in [1.29, 1.82) is 5.26 Å². The molecule has 3 heterocycles. The predicted molar refractivity (Wildman–Crippen MR) is 102 cm³/mol. The molecule has 0 aromatic carbocycles. The van der Waals surface area contributed by atoms with Crippen LogP contribution >= 0.6 is 22.7 Å². The van der Waals surface area contributed by atoms with Crippen LogP contribution in [0.4, 0.5) is 5.00 Å². The smallest absolute Gasteiger partial charge is 0.348 e. The standard InChI is InChI=1S/C17H16N4O4S2/c1-4-24-17(23)13-11(10(6-18)14(19)27-13)7-25-16(22)12-5-9-8(2)20-21(3)15(9)26-12/h5H,4,7,19H2,1-3H3. The second kappa shape index (κ2) is 7.38. The summed E-state index contributed by atoms with van der Waals surface area (Å²) in [7, 11) is 1.81. The molecular weight excluding hydrogens is 388 g/mol. The van der Waals surface area contributed by atoms with E-state index in [1.54, 1.807) is 24.7 Å². The van der Waals surface area contributed by atoms with Gasteiger partial charge in [0.25, 0.3) is 0 Å². The van der Waals surface area contributed by atoms with Gasteiger partial charge in [0.15, 0.2) is 0 Å². The van der Waals surface area contributed by atoms with Crippen LogP contribution in [-0.2, 0) is 23.1 Å². The molecule has 0 saturated heterocycles. The molecule has 0 bridgehead atoms. The fraction of sp³-hybridized carbons (Fsp3) is 0.294. The molecule has 0 amide bonds. The van der Waals surface area contributed by atoms with Gasteiger partial charge in [0.05, 0.1) is 17.9 Å². The first-order valence-corrected chi connectivity index (χ1v) is 9.59. The molecule has 2 N–H and O–H groups in total. The normalized spacial score (nSPS) is 10.7. The van der Waals surface area contributed by atoms with E-state index in [1.807, 2.05) is 13.0 Å². The summed E-state index contributed by atoms with van der Waals surface area (Å²) in [6, 6.07) is 3.68. The molecule has 0 atom stereocenters. The number of nitrogen functional groups attached to an aromatic ring is 1. The van der Waals surface area contributed by atoms with Crippen LogP contribution in [-0.4, -0.2) is 28.3 Å². The molecule has 10 heteroatoms. The number of aryl methyl sites for hydroxylation is 2. The Bertz CT molecular complexity index is 1050. The van der Waals surface area contributed by atoms with Crippen molar-refractivity contribution in [2.24, 2.45) is 7.05 Å². The average Bonchev–Trinajstić information content (AvgIpc) is 3.27. The van der Waals surface area contributed by atoms with Crippen molar-refractivity contribution in [2.45, 2.75) is 20.5 Å². The Morgan fingerprint density at radius 3 is 2.70 bits per heavy atom. The summed E-state index contributed by atoms with van der Waals surface area (Å²) in [5.41, 5.74) is 7.04. The van der Waals surface area contributed by atoms with Crippen molar-refractivity contribution >= 4 is 49.8 Å². The van der Waals surface area contributed by atoms with Crippen molar-refractivity contribution in [1.82, 2.24) is 9.78 Å². The van der Waals surface area contributed by atoms with Crippen molar-refractivity contribution < 1.29 is 19.1 Å². The summed E-state index contributed by atoms with van der Waals surface area (Å²) in [5.74, 6) is -1.13. The number of anilines is 1. The van der Waals surface area contributed by atoms with Crippen molar-refractivity contribution in [2.75, 3.05) is 12.3 Å². The summed E-state index contributed by atoms with van der Waals surface area (Å²) in [6.45, 7) is 3.49. The minimum atomic E-state index is -0.592. The Kier molecular flexibility index (Phi) is 5.16. The molecule has 0 spiro atoms. The highest BCUT2D eigenvalue weighted by molar-refractivity contribution is 7.20. The van der Waals surface area contributed by atoms with E-state index in [4.69, 9.17) is 15.2 Å². The zero-order chi connectivity index (χ0) is 19.7. The van der Waals surface area contributed by atoms with Crippen LogP contribution in [0.25, 0.3) is 10.2 Å². The molecular formula is C17H16N4O4S2. The molecule has 0 unspecified atom stereocenters. The van der Waals surface area contributed by atoms with Crippen LogP contribution in [0.3, 0.4) is 0 Å². The van der Waals surface area contributed by atoms with Gasteiger partial charge in [0, 0.05) is 18.0 Å². The van der Waals surface area contributed by atoms with Gasteiger partial charge in [-0.2, -0.15) is 10.4 Å². The summed E-state index contributed by atoms with van der Waals surface area (Å²) in [4.78, 5) is 26.0. The molecule has 0 fully saturated rings. The van der Waals surface area contributed by atoms with Crippen molar-refractivity contribution in [3.8, 4) is 6.07 Å². The van der Waals surface area contributed by atoms with E-state index in [1.165, 1.54) is 11.3 Å². The van der Waals surface area contributed by atoms with Gasteiger partial charge in [-0.3, -0.25) is 4.68 Å². The first kappa shape index (κ1) is 18.9. The topological polar surface area (TPSA) is 120 Å². The maximum Gasteiger partial charge on any atom is 0.348 e. The highest BCUT2D eigenvalue weighted by atomic mass is 32.1. The fourth-order valence-corrected chi connectivity index (χ4v) is 4.56. The maximum atomic E-state index is 12.5. The number of nitrogens with two attached hydrogens (primary N) is 1. The Hall–Kier alpha value is -2.90. The lowest BCUT2D eigenvalue weighted by Gasteiger charge is -2.05. The molecule has 3 rings (SSSR count). The molecule has 140 valence electrons. The third-order valence-electron chi connectivity index (χ3n) is 3.85. The highest BCUT2D eigenvalue weighted by Crippen LogP contribution is 2.33. The summed E-state index contributed by atoms with van der Waals surface area (Å²) < 4.78 is 12.0. The lowest BCUT2D eigenvalue weighted by Crippen LogP contribution is -2.09. The number of ether oxygens (including phenoxy) is 2. The monoisotopic (exact) mass is 404 g/mol. The molecule has 0 radical (unpaired) electrons. The summed E-state index contributed by atoms with van der Waals surface area (Å²) in [6.07, 6.45) is 0. The minimum absolute atomic E-state index is 0.132. The van der Waals surface area contributed by atoms with E-state index < -0.39 is 11.9 Å². The van der Waals surface area contributed by atoms with Gasteiger partial charge in [-0.15, -0.1) is 22.7 Å². The molecule has 27 heavy (non-hydrogen) atoms. The number of esters is 2. The number of carbonyl (C=O) groups is 2. The maximum absolute atomic E-state index is 12.5. The van der Waals surface area contributed by atoms with Crippen LogP contribution in [0.2, 0.25) is 0 Å². The van der Waals surface area contributed by atoms with E-state index in [-0.39, 0.29) is 34.2 Å². The Morgan fingerprint density at radius 1 is 1.33 bits per heavy atom. The number of aromatic nitrogens is 2. The number of hydrogen-bond acceptors (Lipinski definition) is 9. The highest BCUT2D eigenvalue weighted by Gasteiger charge is 2.24. The van der Waals surface area contributed by atoms with Gasteiger partial charge >= 0.3 is 11.9 Å². The van der Waals surface area contributed by atoms with Gasteiger partial charge < -0.3 is 15.2 Å². The van der Waals surface area contributed by atoms with Gasteiger partial charge in [0.2, 0.25) is 0 Å². The molecule has 3 aromatic heterocycles. The first-order valence-electron chi connectivity index (χ1n) is 7.96. The number of nitrogens with zero attached hydrogens (tertiary/aromatic N) is 3. The number of nitriles is 1.